The molecular weight excluding hydrogens is 248 g/mol. The molecule has 1 amide bonds. The highest BCUT2D eigenvalue weighted by molar-refractivity contribution is 7.80. The number of amides is 1. The number of hydrogen-bond donors (Lipinski definition) is 2. The molecule has 18 heavy (non-hydrogen) atoms. The van der Waals surface area contributed by atoms with Gasteiger partial charge in [-0.05, 0) is 18.6 Å². The molecule has 1 aromatic heterocycles. The Morgan fingerprint density at radius 2 is 2.33 bits per heavy atom. The molecule has 0 aromatic carbocycles. The number of thiocarbonyl (C=S) groups is 1. The zero-order valence-corrected chi connectivity index (χ0v) is 11.5. The van der Waals surface area contributed by atoms with Gasteiger partial charge in [0.2, 0.25) is 5.91 Å². The van der Waals surface area contributed by atoms with Gasteiger partial charge in [0.05, 0.1) is 12.2 Å². The molecule has 0 saturated heterocycles. The molecule has 0 unspecified atom stereocenters. The number of anilines is 1. The Labute approximate surface area is 112 Å². The summed E-state index contributed by atoms with van der Waals surface area (Å²) in [5.74, 6) is -0.0304. The van der Waals surface area contributed by atoms with E-state index < -0.39 is 0 Å². The van der Waals surface area contributed by atoms with Crippen molar-refractivity contribution in [3.05, 3.63) is 24.0 Å². The Morgan fingerprint density at radius 1 is 1.61 bits per heavy atom. The van der Waals surface area contributed by atoms with Crippen molar-refractivity contribution in [3.8, 4) is 0 Å². The lowest BCUT2D eigenvalue weighted by molar-refractivity contribution is -0.119. The van der Waals surface area contributed by atoms with E-state index in [9.17, 15) is 4.79 Å². The molecule has 0 saturated carbocycles. The van der Waals surface area contributed by atoms with Crippen LogP contribution in [0.2, 0.25) is 0 Å². The van der Waals surface area contributed by atoms with Crippen molar-refractivity contribution < 1.29 is 4.79 Å². The Hall–Kier alpha value is -1.69. The lowest BCUT2D eigenvalue weighted by Crippen LogP contribution is -2.36. The maximum Gasteiger partial charge on any atom is 0.239 e. The fourth-order valence-corrected chi connectivity index (χ4v) is 1.68. The summed E-state index contributed by atoms with van der Waals surface area (Å²) in [7, 11) is 1.62. The van der Waals surface area contributed by atoms with Gasteiger partial charge in [0.1, 0.15) is 4.99 Å². The molecule has 1 rings (SSSR count). The smallest absolute Gasteiger partial charge is 0.239 e. The summed E-state index contributed by atoms with van der Waals surface area (Å²) in [6.45, 7) is 3.16. The second kappa shape index (κ2) is 6.90. The second-order valence-electron chi connectivity index (χ2n) is 3.86. The van der Waals surface area contributed by atoms with Crippen LogP contribution in [0.3, 0.4) is 0 Å². The first-order valence-electron chi connectivity index (χ1n) is 5.79. The van der Waals surface area contributed by atoms with Crippen LogP contribution in [0.15, 0.2) is 18.3 Å². The monoisotopic (exact) mass is 266 g/mol. The predicted octanol–water partition coefficient (Wildman–Crippen LogP) is 0.678. The predicted molar refractivity (Wildman–Crippen MR) is 76.7 cm³/mol. The van der Waals surface area contributed by atoms with Crippen molar-refractivity contribution in [2.45, 2.75) is 13.3 Å². The summed E-state index contributed by atoms with van der Waals surface area (Å²) in [6.07, 6.45) is 2.60. The van der Waals surface area contributed by atoms with E-state index in [0.717, 1.165) is 18.7 Å². The first-order chi connectivity index (χ1) is 8.58. The second-order valence-corrected chi connectivity index (χ2v) is 4.30. The van der Waals surface area contributed by atoms with Crippen LogP contribution in [-0.2, 0) is 4.79 Å². The standard InChI is InChI=1S/C12H18N4OS/c1-3-6-16(8-11(17)14-2)9-4-5-15-10(7-9)12(13)18/h4-5,7H,3,6,8H2,1-2H3,(H2,13,18)(H,14,17). The van der Waals surface area contributed by atoms with E-state index in [1.165, 1.54) is 0 Å². The van der Waals surface area contributed by atoms with Crippen LogP contribution in [0, 0.1) is 0 Å². The number of likely N-dealkylation sites (N-methyl/N-ethyl adjacent to an activating group) is 1. The zero-order valence-electron chi connectivity index (χ0n) is 10.6. The van der Waals surface area contributed by atoms with E-state index in [-0.39, 0.29) is 10.9 Å². The van der Waals surface area contributed by atoms with Gasteiger partial charge in [-0.15, -0.1) is 0 Å². The molecule has 6 heteroatoms. The molecule has 0 aliphatic rings. The molecule has 0 spiro atoms. The zero-order chi connectivity index (χ0) is 13.5. The lowest BCUT2D eigenvalue weighted by atomic mass is 10.2. The topological polar surface area (TPSA) is 71.2 Å². The summed E-state index contributed by atoms with van der Waals surface area (Å²) in [5.41, 5.74) is 7.03. The summed E-state index contributed by atoms with van der Waals surface area (Å²) < 4.78 is 0. The molecule has 0 aliphatic carbocycles. The Balaban J connectivity index is 2.94. The van der Waals surface area contributed by atoms with Crippen LogP contribution in [0.25, 0.3) is 0 Å². The normalized spacial score (nSPS) is 9.89. The summed E-state index contributed by atoms with van der Waals surface area (Å²) in [5, 5.41) is 2.61. The van der Waals surface area contributed by atoms with Crippen LogP contribution in [0.5, 0.6) is 0 Å². The number of carbonyl (C=O) groups is 1. The van der Waals surface area contributed by atoms with Crippen molar-refractivity contribution in [3.63, 3.8) is 0 Å². The van der Waals surface area contributed by atoms with E-state index in [0.29, 0.717) is 12.2 Å². The fourth-order valence-electron chi connectivity index (χ4n) is 1.57. The first kappa shape index (κ1) is 14.4. The first-order valence-corrected chi connectivity index (χ1v) is 6.20. The molecule has 0 atom stereocenters. The average molecular weight is 266 g/mol. The third-order valence-electron chi connectivity index (χ3n) is 2.47. The number of nitrogens with zero attached hydrogens (tertiary/aromatic N) is 2. The highest BCUT2D eigenvalue weighted by atomic mass is 32.1. The Kier molecular flexibility index (Phi) is 5.51. The number of nitrogens with one attached hydrogen (secondary N) is 1. The molecular formula is C12H18N4OS. The number of nitrogens with two attached hydrogens (primary N) is 1. The highest BCUT2D eigenvalue weighted by Gasteiger charge is 2.11. The molecule has 0 aliphatic heterocycles. The molecule has 1 aromatic rings. The SMILES string of the molecule is CCCN(CC(=O)NC)c1ccnc(C(N)=S)c1. The minimum absolute atomic E-state index is 0.0304. The number of hydrogen-bond acceptors (Lipinski definition) is 4. The van der Waals surface area contributed by atoms with Crippen LogP contribution >= 0.6 is 12.2 Å². The molecule has 1 heterocycles. The molecule has 5 nitrogen and oxygen atoms in total. The van der Waals surface area contributed by atoms with Gasteiger partial charge in [0.15, 0.2) is 0 Å². The van der Waals surface area contributed by atoms with Crippen LogP contribution in [-0.4, -0.2) is 36.0 Å². The van der Waals surface area contributed by atoms with Crippen molar-refractivity contribution in [2.75, 3.05) is 25.0 Å². The largest absolute Gasteiger partial charge is 0.388 e. The summed E-state index contributed by atoms with van der Waals surface area (Å²) in [4.78, 5) is 17.8. The number of pyridine rings is 1. The third-order valence-corrected chi connectivity index (χ3v) is 2.68. The Morgan fingerprint density at radius 3 is 2.89 bits per heavy atom. The van der Waals surface area contributed by atoms with Crippen molar-refractivity contribution in [2.24, 2.45) is 5.73 Å². The quantitative estimate of drug-likeness (QED) is 0.741. The van der Waals surface area contributed by atoms with Gasteiger partial charge in [0.25, 0.3) is 0 Å². The van der Waals surface area contributed by atoms with E-state index in [4.69, 9.17) is 18.0 Å². The summed E-state index contributed by atoms with van der Waals surface area (Å²) in [6, 6.07) is 3.65. The van der Waals surface area contributed by atoms with Gasteiger partial charge < -0.3 is 16.0 Å². The maximum absolute atomic E-state index is 11.5. The Bertz CT molecular complexity index is 436. The van der Waals surface area contributed by atoms with Gasteiger partial charge in [-0.2, -0.15) is 0 Å². The van der Waals surface area contributed by atoms with Gasteiger partial charge in [0, 0.05) is 25.5 Å². The van der Waals surface area contributed by atoms with Gasteiger partial charge in [-0.3, -0.25) is 9.78 Å². The van der Waals surface area contributed by atoms with Crippen molar-refractivity contribution in [1.29, 1.82) is 0 Å². The maximum atomic E-state index is 11.5. The van der Waals surface area contributed by atoms with Crippen molar-refractivity contribution in [1.82, 2.24) is 10.3 Å². The fraction of sp³-hybridized carbons (Fsp3) is 0.417. The third kappa shape index (κ3) is 3.96. The van der Waals surface area contributed by atoms with E-state index in [2.05, 4.69) is 17.2 Å². The van der Waals surface area contributed by atoms with E-state index >= 15 is 0 Å². The number of rotatable bonds is 6. The van der Waals surface area contributed by atoms with E-state index in [1.54, 1.807) is 19.3 Å². The van der Waals surface area contributed by atoms with Crippen LogP contribution in [0.1, 0.15) is 19.0 Å². The highest BCUT2D eigenvalue weighted by Crippen LogP contribution is 2.14. The van der Waals surface area contributed by atoms with Gasteiger partial charge in [-0.25, -0.2) is 0 Å². The molecule has 0 bridgehead atoms. The van der Waals surface area contributed by atoms with Gasteiger partial charge in [-0.1, -0.05) is 19.1 Å². The van der Waals surface area contributed by atoms with Gasteiger partial charge >= 0.3 is 0 Å². The summed E-state index contributed by atoms with van der Waals surface area (Å²) >= 11 is 4.90. The van der Waals surface area contributed by atoms with Crippen LogP contribution < -0.4 is 16.0 Å². The molecule has 0 fully saturated rings. The lowest BCUT2D eigenvalue weighted by Gasteiger charge is -2.23. The number of aromatic nitrogens is 1. The minimum atomic E-state index is -0.0304. The van der Waals surface area contributed by atoms with Crippen LogP contribution in [0.4, 0.5) is 5.69 Å². The minimum Gasteiger partial charge on any atom is -0.388 e. The molecule has 98 valence electrons. The average Bonchev–Trinajstić information content (AvgIpc) is 2.38. The molecule has 3 N–H and O–H groups in total. The number of carbonyl (C=O) groups excluding carboxylic acids is 1. The van der Waals surface area contributed by atoms with E-state index in [1.807, 2.05) is 11.0 Å². The molecule has 0 radical (unpaired) electrons. The van der Waals surface area contributed by atoms with Crippen molar-refractivity contribution >= 4 is 28.8 Å².